The van der Waals surface area contributed by atoms with E-state index in [1.54, 1.807) is 0 Å². The monoisotopic (exact) mass is 311 g/mol. The van der Waals surface area contributed by atoms with E-state index in [1.165, 1.54) is 5.56 Å². The average Bonchev–Trinajstić information content (AvgIpc) is 2.46. The number of ether oxygens (including phenoxy) is 1. The molecule has 0 aliphatic carbocycles. The van der Waals surface area contributed by atoms with Crippen LogP contribution in [0.4, 0.5) is 0 Å². The van der Waals surface area contributed by atoms with E-state index in [2.05, 4.69) is 38.2 Å². The Hall–Kier alpha value is -0.570. The average molecular weight is 312 g/mol. The van der Waals surface area contributed by atoms with Crippen LogP contribution in [-0.4, -0.2) is 26.3 Å². The van der Waals surface area contributed by atoms with Crippen LogP contribution in [0.3, 0.4) is 0 Å². The quantitative estimate of drug-likeness (QED) is 0.588. The van der Waals surface area contributed by atoms with E-state index in [1.807, 2.05) is 12.1 Å². The molecule has 0 bridgehead atoms. The number of hydrogen-bond acceptors (Lipinski definition) is 2. The van der Waals surface area contributed by atoms with E-state index in [0.717, 1.165) is 50.6 Å². The van der Waals surface area contributed by atoms with Crippen LogP contribution in [-0.2, 0) is 4.74 Å². The lowest BCUT2D eigenvalue weighted by molar-refractivity contribution is 0.116. The predicted octanol–water partition coefficient (Wildman–Crippen LogP) is 4.88. The first-order chi connectivity index (χ1) is 10.1. The maximum Gasteiger partial charge on any atom is 0.0472 e. The minimum atomic E-state index is 0.421. The maximum atomic E-state index is 6.34. The molecule has 0 aromatic heterocycles. The van der Waals surface area contributed by atoms with Crippen LogP contribution in [0.2, 0.25) is 5.02 Å². The molecule has 0 amide bonds. The van der Waals surface area contributed by atoms with E-state index in [-0.39, 0.29) is 0 Å². The first-order valence-electron chi connectivity index (χ1n) is 8.18. The number of rotatable bonds is 11. The highest BCUT2D eigenvalue weighted by atomic mass is 35.5. The van der Waals surface area contributed by atoms with Crippen LogP contribution in [0.25, 0.3) is 0 Å². The Labute approximate surface area is 135 Å². The smallest absolute Gasteiger partial charge is 0.0472 e. The third-order valence-electron chi connectivity index (χ3n) is 3.61. The Morgan fingerprint density at radius 3 is 2.52 bits per heavy atom. The van der Waals surface area contributed by atoms with Crippen molar-refractivity contribution in [1.29, 1.82) is 0 Å². The Morgan fingerprint density at radius 2 is 1.86 bits per heavy atom. The SMILES string of the molecule is CCCNCC(CCOCCC(C)C)c1ccccc1Cl. The summed E-state index contributed by atoms with van der Waals surface area (Å²) in [6.07, 6.45) is 3.30. The van der Waals surface area contributed by atoms with Crippen molar-refractivity contribution in [2.45, 2.75) is 46.0 Å². The molecule has 0 saturated heterocycles. The molecule has 0 aliphatic heterocycles. The molecule has 1 rings (SSSR count). The second-order valence-corrected chi connectivity index (χ2v) is 6.41. The van der Waals surface area contributed by atoms with Gasteiger partial charge in [-0.15, -0.1) is 0 Å². The van der Waals surface area contributed by atoms with Gasteiger partial charge < -0.3 is 10.1 Å². The summed E-state index contributed by atoms with van der Waals surface area (Å²) >= 11 is 6.34. The highest BCUT2D eigenvalue weighted by molar-refractivity contribution is 6.31. The van der Waals surface area contributed by atoms with Crippen LogP contribution in [0, 0.1) is 5.92 Å². The first kappa shape index (κ1) is 18.5. The van der Waals surface area contributed by atoms with Crippen molar-refractivity contribution in [3.8, 4) is 0 Å². The van der Waals surface area contributed by atoms with E-state index in [0.29, 0.717) is 11.8 Å². The van der Waals surface area contributed by atoms with Gasteiger partial charge in [0, 0.05) is 24.8 Å². The summed E-state index contributed by atoms with van der Waals surface area (Å²) < 4.78 is 5.77. The molecule has 0 spiro atoms. The highest BCUT2D eigenvalue weighted by Gasteiger charge is 2.14. The summed E-state index contributed by atoms with van der Waals surface area (Å²) in [7, 11) is 0. The topological polar surface area (TPSA) is 21.3 Å². The van der Waals surface area contributed by atoms with Gasteiger partial charge >= 0.3 is 0 Å². The maximum absolute atomic E-state index is 6.34. The van der Waals surface area contributed by atoms with Gasteiger partial charge in [0.15, 0.2) is 0 Å². The largest absolute Gasteiger partial charge is 0.381 e. The molecule has 1 aromatic rings. The fourth-order valence-electron chi connectivity index (χ4n) is 2.27. The van der Waals surface area contributed by atoms with Crippen molar-refractivity contribution in [2.75, 3.05) is 26.3 Å². The molecule has 1 atom stereocenters. The van der Waals surface area contributed by atoms with Gasteiger partial charge in [0.1, 0.15) is 0 Å². The summed E-state index contributed by atoms with van der Waals surface area (Å²) in [6, 6.07) is 8.16. The number of halogens is 1. The van der Waals surface area contributed by atoms with Gasteiger partial charge in [-0.05, 0) is 49.3 Å². The Balaban J connectivity index is 2.47. The zero-order valence-electron chi connectivity index (χ0n) is 13.7. The molecule has 120 valence electrons. The van der Waals surface area contributed by atoms with E-state index < -0.39 is 0 Å². The molecule has 2 nitrogen and oxygen atoms in total. The van der Waals surface area contributed by atoms with E-state index in [4.69, 9.17) is 16.3 Å². The molecule has 0 aliphatic rings. The summed E-state index contributed by atoms with van der Waals surface area (Å²) in [6.45, 7) is 10.3. The van der Waals surface area contributed by atoms with Crippen molar-refractivity contribution in [2.24, 2.45) is 5.92 Å². The first-order valence-corrected chi connectivity index (χ1v) is 8.55. The lowest BCUT2D eigenvalue weighted by Crippen LogP contribution is -2.23. The molecule has 0 fully saturated rings. The lowest BCUT2D eigenvalue weighted by Gasteiger charge is -2.19. The Morgan fingerprint density at radius 1 is 1.14 bits per heavy atom. The number of hydrogen-bond donors (Lipinski definition) is 1. The van der Waals surface area contributed by atoms with Crippen LogP contribution in [0.5, 0.6) is 0 Å². The standard InChI is InChI=1S/C18H30ClNO/c1-4-11-20-14-16(10-13-21-12-9-15(2)3)17-7-5-6-8-18(17)19/h5-8,15-16,20H,4,9-14H2,1-3H3. The predicted molar refractivity (Wildman–Crippen MR) is 92.2 cm³/mol. The zero-order chi connectivity index (χ0) is 15.5. The Bertz CT molecular complexity index is 381. The summed E-state index contributed by atoms with van der Waals surface area (Å²) in [4.78, 5) is 0. The normalized spacial score (nSPS) is 12.8. The van der Waals surface area contributed by atoms with Gasteiger partial charge in [-0.2, -0.15) is 0 Å². The fourth-order valence-corrected chi connectivity index (χ4v) is 2.56. The zero-order valence-corrected chi connectivity index (χ0v) is 14.5. The molecule has 1 N–H and O–H groups in total. The summed E-state index contributed by atoms with van der Waals surface area (Å²) in [5.41, 5.74) is 1.23. The number of nitrogens with one attached hydrogen (secondary N) is 1. The van der Waals surface area contributed by atoms with E-state index in [9.17, 15) is 0 Å². The van der Waals surface area contributed by atoms with Crippen molar-refractivity contribution < 1.29 is 4.74 Å². The molecule has 3 heteroatoms. The Kier molecular flexibility index (Phi) is 9.73. The van der Waals surface area contributed by atoms with Gasteiger partial charge in [-0.25, -0.2) is 0 Å². The molecule has 0 heterocycles. The summed E-state index contributed by atoms with van der Waals surface area (Å²) in [5, 5.41) is 4.37. The fraction of sp³-hybridized carbons (Fsp3) is 0.667. The van der Waals surface area contributed by atoms with Crippen LogP contribution in [0.1, 0.15) is 51.5 Å². The van der Waals surface area contributed by atoms with Crippen molar-refractivity contribution in [3.05, 3.63) is 34.9 Å². The molecule has 0 saturated carbocycles. The second kappa shape index (κ2) is 11.1. The minimum Gasteiger partial charge on any atom is -0.381 e. The molecular formula is C18H30ClNO. The van der Waals surface area contributed by atoms with Crippen LogP contribution in [0.15, 0.2) is 24.3 Å². The molecule has 0 radical (unpaired) electrons. The van der Waals surface area contributed by atoms with Gasteiger partial charge in [0.25, 0.3) is 0 Å². The van der Waals surface area contributed by atoms with Crippen molar-refractivity contribution in [1.82, 2.24) is 5.32 Å². The highest BCUT2D eigenvalue weighted by Crippen LogP contribution is 2.26. The number of benzene rings is 1. The van der Waals surface area contributed by atoms with Gasteiger partial charge in [0.2, 0.25) is 0 Å². The van der Waals surface area contributed by atoms with Gasteiger partial charge in [0.05, 0.1) is 0 Å². The molecule has 1 aromatic carbocycles. The van der Waals surface area contributed by atoms with Crippen molar-refractivity contribution in [3.63, 3.8) is 0 Å². The lowest BCUT2D eigenvalue weighted by atomic mass is 9.96. The molecule has 1 unspecified atom stereocenters. The molecule has 21 heavy (non-hydrogen) atoms. The minimum absolute atomic E-state index is 0.421. The third kappa shape index (κ3) is 7.85. The summed E-state index contributed by atoms with van der Waals surface area (Å²) in [5.74, 6) is 1.12. The molecular weight excluding hydrogens is 282 g/mol. The van der Waals surface area contributed by atoms with Crippen LogP contribution >= 0.6 is 11.6 Å². The van der Waals surface area contributed by atoms with Gasteiger partial charge in [-0.3, -0.25) is 0 Å². The third-order valence-corrected chi connectivity index (χ3v) is 3.96. The van der Waals surface area contributed by atoms with E-state index >= 15 is 0 Å². The van der Waals surface area contributed by atoms with Crippen molar-refractivity contribution >= 4 is 11.6 Å². The van der Waals surface area contributed by atoms with Crippen LogP contribution < -0.4 is 5.32 Å². The van der Waals surface area contributed by atoms with Gasteiger partial charge in [-0.1, -0.05) is 50.6 Å². The second-order valence-electron chi connectivity index (χ2n) is 6.01.